The Hall–Kier alpha value is -0.530. The van der Waals surface area contributed by atoms with Crippen molar-refractivity contribution in [2.45, 2.75) is 31.6 Å². The molecule has 0 radical (unpaired) electrons. The molecule has 88 valence electrons. The minimum absolute atomic E-state index is 0.709. The third-order valence-corrected chi connectivity index (χ3v) is 3.64. The Morgan fingerprint density at radius 1 is 1.31 bits per heavy atom. The first-order chi connectivity index (χ1) is 7.92. The summed E-state index contributed by atoms with van der Waals surface area (Å²) in [6.45, 7) is 2.15. The number of rotatable bonds is 5. The summed E-state index contributed by atoms with van der Waals surface area (Å²) in [5.74, 6) is 1.47. The highest BCUT2D eigenvalue weighted by Crippen LogP contribution is 2.30. The molecule has 2 heteroatoms. The normalized spacial score (nSPS) is 19.4. The quantitative estimate of drug-likeness (QED) is 0.612. The van der Waals surface area contributed by atoms with Gasteiger partial charge in [0.1, 0.15) is 0 Å². The Morgan fingerprint density at radius 3 is 3.06 bits per heavy atom. The van der Waals surface area contributed by atoms with Crippen molar-refractivity contribution in [3.05, 3.63) is 35.4 Å². The van der Waals surface area contributed by atoms with Gasteiger partial charge in [-0.25, -0.2) is 0 Å². The molecule has 0 heterocycles. The highest BCUT2D eigenvalue weighted by Gasteiger charge is 2.18. The fraction of sp³-hybridized carbons (Fsp3) is 0.571. The molecule has 0 spiro atoms. The number of aryl methyl sites for hydroxylation is 1. The van der Waals surface area contributed by atoms with Crippen molar-refractivity contribution in [2.24, 2.45) is 0 Å². The summed E-state index contributed by atoms with van der Waals surface area (Å²) in [5.41, 5.74) is 3.12. The Balaban J connectivity index is 1.91. The van der Waals surface area contributed by atoms with E-state index in [-0.39, 0.29) is 0 Å². The molecule has 16 heavy (non-hydrogen) atoms. The molecule has 1 nitrogen and oxygen atoms in total. The number of hydrogen-bond acceptors (Lipinski definition) is 1. The Morgan fingerprint density at radius 2 is 2.19 bits per heavy atom. The van der Waals surface area contributed by atoms with E-state index in [2.05, 4.69) is 29.6 Å². The lowest BCUT2D eigenvalue weighted by molar-refractivity contribution is 0.507. The van der Waals surface area contributed by atoms with Crippen LogP contribution in [0.2, 0.25) is 0 Å². The van der Waals surface area contributed by atoms with Crippen LogP contribution in [-0.4, -0.2) is 19.0 Å². The van der Waals surface area contributed by atoms with Crippen molar-refractivity contribution >= 4 is 11.6 Å². The molecule has 1 aromatic carbocycles. The van der Waals surface area contributed by atoms with Gasteiger partial charge in [0.05, 0.1) is 0 Å². The van der Waals surface area contributed by atoms with Crippen molar-refractivity contribution in [3.63, 3.8) is 0 Å². The third-order valence-electron chi connectivity index (χ3n) is 3.37. The van der Waals surface area contributed by atoms with Gasteiger partial charge in [-0.15, -0.1) is 11.6 Å². The molecule has 0 amide bonds. The number of hydrogen-bond donors (Lipinski definition) is 1. The van der Waals surface area contributed by atoms with Crippen LogP contribution in [0, 0.1) is 0 Å². The van der Waals surface area contributed by atoms with Gasteiger partial charge in [-0.3, -0.25) is 0 Å². The van der Waals surface area contributed by atoms with Crippen LogP contribution in [-0.2, 0) is 6.42 Å². The molecule has 0 aromatic heterocycles. The second kappa shape index (κ2) is 6.27. The van der Waals surface area contributed by atoms with Gasteiger partial charge in [-0.2, -0.15) is 0 Å². The molecule has 1 N–H and O–H groups in total. The Kier molecular flexibility index (Phi) is 4.68. The summed E-state index contributed by atoms with van der Waals surface area (Å²) in [5, 5.41) is 3.51. The van der Waals surface area contributed by atoms with E-state index in [9.17, 15) is 0 Å². The zero-order valence-corrected chi connectivity index (χ0v) is 10.5. The van der Waals surface area contributed by atoms with E-state index in [1.165, 1.54) is 19.3 Å². The highest BCUT2D eigenvalue weighted by atomic mass is 35.5. The standard InChI is InChI=1S/C14H20ClN/c15-9-4-10-16-11-13-7-3-6-12-5-1-2-8-14(12)13/h1-2,5,8,13,16H,3-4,6-7,9-11H2. The molecule has 0 aliphatic heterocycles. The molecule has 0 saturated carbocycles. The number of halogens is 1. The molecule has 1 aromatic rings. The Labute approximate surface area is 103 Å². The molecule has 1 atom stereocenters. The fourth-order valence-corrected chi connectivity index (χ4v) is 2.67. The molecule has 0 fully saturated rings. The first kappa shape index (κ1) is 11.9. The van der Waals surface area contributed by atoms with Gasteiger partial charge in [-0.05, 0) is 49.3 Å². The third kappa shape index (κ3) is 2.99. The molecule has 1 aliphatic rings. The van der Waals surface area contributed by atoms with E-state index in [1.807, 2.05) is 0 Å². The van der Waals surface area contributed by atoms with E-state index in [0.29, 0.717) is 5.92 Å². The second-order valence-corrected chi connectivity index (χ2v) is 4.91. The van der Waals surface area contributed by atoms with Gasteiger partial charge in [0.15, 0.2) is 0 Å². The summed E-state index contributed by atoms with van der Waals surface area (Å²) in [4.78, 5) is 0. The van der Waals surface area contributed by atoms with Crippen LogP contribution in [0.25, 0.3) is 0 Å². The van der Waals surface area contributed by atoms with Crippen molar-refractivity contribution in [3.8, 4) is 0 Å². The summed E-state index contributed by atoms with van der Waals surface area (Å²) < 4.78 is 0. The molecular formula is C14H20ClN. The minimum atomic E-state index is 0.709. The van der Waals surface area contributed by atoms with Crippen LogP contribution in [0.4, 0.5) is 0 Å². The lowest BCUT2D eigenvalue weighted by Crippen LogP contribution is -2.25. The van der Waals surface area contributed by atoms with Crippen LogP contribution in [0.1, 0.15) is 36.3 Å². The number of fused-ring (bicyclic) bond motifs is 1. The SMILES string of the molecule is ClCCCNCC1CCCc2ccccc21. The van der Waals surface area contributed by atoms with Crippen LogP contribution < -0.4 is 5.32 Å². The average Bonchev–Trinajstić information content (AvgIpc) is 2.35. The van der Waals surface area contributed by atoms with Crippen LogP contribution >= 0.6 is 11.6 Å². The molecule has 1 aliphatic carbocycles. The van der Waals surface area contributed by atoms with Crippen molar-refractivity contribution in [1.29, 1.82) is 0 Å². The van der Waals surface area contributed by atoms with Gasteiger partial charge in [-0.1, -0.05) is 24.3 Å². The Bertz CT molecular complexity index is 324. The maximum atomic E-state index is 5.66. The molecule has 0 bridgehead atoms. The number of alkyl halides is 1. The largest absolute Gasteiger partial charge is 0.316 e. The van der Waals surface area contributed by atoms with Gasteiger partial charge < -0.3 is 5.32 Å². The van der Waals surface area contributed by atoms with Gasteiger partial charge in [0, 0.05) is 12.4 Å². The lowest BCUT2D eigenvalue weighted by atomic mass is 9.83. The second-order valence-electron chi connectivity index (χ2n) is 4.53. The van der Waals surface area contributed by atoms with E-state index < -0.39 is 0 Å². The molecular weight excluding hydrogens is 218 g/mol. The molecule has 2 rings (SSSR count). The summed E-state index contributed by atoms with van der Waals surface area (Å²) in [6.07, 6.45) is 4.98. The van der Waals surface area contributed by atoms with Gasteiger partial charge >= 0.3 is 0 Å². The fourth-order valence-electron chi connectivity index (χ4n) is 2.53. The van der Waals surface area contributed by atoms with Crippen molar-refractivity contribution in [2.75, 3.05) is 19.0 Å². The maximum absolute atomic E-state index is 5.66. The van der Waals surface area contributed by atoms with Crippen molar-refractivity contribution in [1.82, 2.24) is 5.32 Å². The first-order valence-electron chi connectivity index (χ1n) is 6.26. The molecule has 1 unspecified atom stereocenters. The lowest BCUT2D eigenvalue weighted by Gasteiger charge is -2.25. The highest BCUT2D eigenvalue weighted by molar-refractivity contribution is 6.17. The minimum Gasteiger partial charge on any atom is -0.316 e. The van der Waals surface area contributed by atoms with E-state index in [1.54, 1.807) is 11.1 Å². The van der Waals surface area contributed by atoms with E-state index >= 15 is 0 Å². The zero-order valence-electron chi connectivity index (χ0n) is 9.71. The predicted octanol–water partition coefficient (Wildman–Crippen LogP) is 3.33. The predicted molar refractivity (Wildman–Crippen MR) is 70.3 cm³/mol. The average molecular weight is 238 g/mol. The summed E-state index contributed by atoms with van der Waals surface area (Å²) in [7, 11) is 0. The first-order valence-corrected chi connectivity index (χ1v) is 6.79. The van der Waals surface area contributed by atoms with Crippen molar-refractivity contribution < 1.29 is 0 Å². The van der Waals surface area contributed by atoms with Crippen LogP contribution in [0.3, 0.4) is 0 Å². The van der Waals surface area contributed by atoms with E-state index in [0.717, 1.165) is 25.4 Å². The molecule has 0 saturated heterocycles. The maximum Gasteiger partial charge on any atom is 0.0235 e. The van der Waals surface area contributed by atoms with Gasteiger partial charge in [0.25, 0.3) is 0 Å². The monoisotopic (exact) mass is 237 g/mol. The topological polar surface area (TPSA) is 12.0 Å². The number of nitrogens with one attached hydrogen (secondary N) is 1. The number of benzene rings is 1. The smallest absolute Gasteiger partial charge is 0.0235 e. The van der Waals surface area contributed by atoms with Crippen LogP contribution in [0.15, 0.2) is 24.3 Å². The van der Waals surface area contributed by atoms with Crippen LogP contribution in [0.5, 0.6) is 0 Å². The summed E-state index contributed by atoms with van der Waals surface area (Å²) >= 11 is 5.66. The zero-order chi connectivity index (χ0) is 11.2. The summed E-state index contributed by atoms with van der Waals surface area (Å²) in [6, 6.07) is 8.89. The van der Waals surface area contributed by atoms with E-state index in [4.69, 9.17) is 11.6 Å². The van der Waals surface area contributed by atoms with Gasteiger partial charge in [0.2, 0.25) is 0 Å².